The van der Waals surface area contributed by atoms with Gasteiger partial charge in [0.1, 0.15) is 5.75 Å². The van der Waals surface area contributed by atoms with Crippen LogP contribution in [0.25, 0.3) is 0 Å². The first-order chi connectivity index (χ1) is 7.28. The largest absolute Gasteiger partial charge is 0.508 e. The minimum Gasteiger partial charge on any atom is -0.508 e. The maximum absolute atomic E-state index is 9.47. The molecule has 3 rings (SSSR count). The van der Waals surface area contributed by atoms with E-state index in [1.807, 2.05) is 12.1 Å². The Hall–Kier alpha value is -1.06. The molecule has 0 amide bonds. The van der Waals surface area contributed by atoms with E-state index in [0.29, 0.717) is 11.8 Å². The van der Waals surface area contributed by atoms with Crippen LogP contribution in [0.4, 0.5) is 0 Å². The van der Waals surface area contributed by atoms with Gasteiger partial charge < -0.3 is 15.7 Å². The second kappa shape index (κ2) is 3.22. The predicted molar refractivity (Wildman–Crippen MR) is 58.8 cm³/mol. The van der Waals surface area contributed by atoms with Crippen LogP contribution >= 0.6 is 0 Å². The summed E-state index contributed by atoms with van der Waals surface area (Å²) in [5, 5.41) is 16.4. The van der Waals surface area contributed by atoms with Crippen molar-refractivity contribution in [3.8, 4) is 5.75 Å². The Kier molecular flexibility index (Phi) is 1.97. The van der Waals surface area contributed by atoms with Gasteiger partial charge in [0.05, 0.1) is 0 Å². The van der Waals surface area contributed by atoms with Crippen LogP contribution in [0.15, 0.2) is 24.3 Å². The molecular weight excluding hydrogens is 188 g/mol. The van der Waals surface area contributed by atoms with Crippen molar-refractivity contribution >= 4 is 0 Å². The second-order valence-electron chi connectivity index (χ2n) is 4.63. The van der Waals surface area contributed by atoms with Gasteiger partial charge in [-0.1, -0.05) is 12.1 Å². The third-order valence-corrected chi connectivity index (χ3v) is 3.41. The molecule has 1 saturated heterocycles. The highest BCUT2D eigenvalue weighted by Gasteiger charge is 2.46. The SMILES string of the molecule is Oc1cccc(C2(NC3CNC3)CC2)c1. The van der Waals surface area contributed by atoms with E-state index < -0.39 is 0 Å². The van der Waals surface area contributed by atoms with Crippen molar-refractivity contribution in [2.24, 2.45) is 0 Å². The zero-order valence-corrected chi connectivity index (χ0v) is 8.66. The average molecular weight is 204 g/mol. The molecule has 0 aromatic heterocycles. The molecule has 0 spiro atoms. The van der Waals surface area contributed by atoms with Gasteiger partial charge in [-0.2, -0.15) is 0 Å². The monoisotopic (exact) mass is 204 g/mol. The van der Waals surface area contributed by atoms with Crippen molar-refractivity contribution in [3.63, 3.8) is 0 Å². The molecule has 0 unspecified atom stereocenters. The summed E-state index contributed by atoms with van der Waals surface area (Å²) in [7, 11) is 0. The molecule has 1 aliphatic carbocycles. The Balaban J connectivity index is 1.79. The summed E-state index contributed by atoms with van der Waals surface area (Å²) >= 11 is 0. The Morgan fingerprint density at radius 1 is 1.33 bits per heavy atom. The van der Waals surface area contributed by atoms with Crippen LogP contribution in [0.1, 0.15) is 18.4 Å². The fourth-order valence-electron chi connectivity index (χ4n) is 2.23. The summed E-state index contributed by atoms with van der Waals surface area (Å²) in [6.07, 6.45) is 2.37. The van der Waals surface area contributed by atoms with Gasteiger partial charge in [-0.05, 0) is 30.5 Å². The number of benzene rings is 1. The van der Waals surface area contributed by atoms with Crippen LogP contribution in [0.5, 0.6) is 5.75 Å². The summed E-state index contributed by atoms with van der Waals surface area (Å²) in [6, 6.07) is 8.24. The molecule has 1 heterocycles. The van der Waals surface area contributed by atoms with Crippen LogP contribution in [0.3, 0.4) is 0 Å². The Bertz CT molecular complexity index is 370. The molecule has 1 saturated carbocycles. The number of hydrogen-bond donors (Lipinski definition) is 3. The quantitative estimate of drug-likeness (QED) is 0.686. The van der Waals surface area contributed by atoms with E-state index in [0.717, 1.165) is 13.1 Å². The van der Waals surface area contributed by atoms with E-state index in [9.17, 15) is 5.11 Å². The van der Waals surface area contributed by atoms with Crippen LogP contribution < -0.4 is 10.6 Å². The first-order valence-electron chi connectivity index (χ1n) is 5.56. The summed E-state index contributed by atoms with van der Waals surface area (Å²) in [5.74, 6) is 0.368. The van der Waals surface area contributed by atoms with E-state index in [4.69, 9.17) is 0 Å². The molecule has 3 nitrogen and oxygen atoms in total. The lowest BCUT2D eigenvalue weighted by Crippen LogP contribution is -2.58. The molecule has 80 valence electrons. The number of nitrogens with one attached hydrogen (secondary N) is 2. The summed E-state index contributed by atoms with van der Waals surface area (Å²) in [5.41, 5.74) is 1.39. The highest BCUT2D eigenvalue weighted by molar-refractivity contribution is 5.36. The third-order valence-electron chi connectivity index (χ3n) is 3.41. The van der Waals surface area contributed by atoms with Gasteiger partial charge in [-0.15, -0.1) is 0 Å². The molecule has 0 bridgehead atoms. The smallest absolute Gasteiger partial charge is 0.115 e. The van der Waals surface area contributed by atoms with Crippen molar-refractivity contribution in [2.75, 3.05) is 13.1 Å². The zero-order valence-electron chi connectivity index (χ0n) is 8.66. The lowest BCUT2D eigenvalue weighted by atomic mass is 10.0. The standard InChI is InChI=1S/C12H16N2O/c15-11-3-1-2-9(6-11)12(4-5-12)14-10-7-13-8-10/h1-3,6,10,13-15H,4-5,7-8H2. The van der Waals surface area contributed by atoms with Crippen LogP contribution in [0, 0.1) is 0 Å². The topological polar surface area (TPSA) is 44.3 Å². The number of phenols is 1. The van der Waals surface area contributed by atoms with Crippen molar-refractivity contribution in [2.45, 2.75) is 24.4 Å². The van der Waals surface area contributed by atoms with E-state index >= 15 is 0 Å². The van der Waals surface area contributed by atoms with E-state index in [1.54, 1.807) is 6.07 Å². The predicted octanol–water partition coefficient (Wildman–Crippen LogP) is 0.943. The van der Waals surface area contributed by atoms with Crippen molar-refractivity contribution in [3.05, 3.63) is 29.8 Å². The van der Waals surface area contributed by atoms with Crippen LogP contribution in [-0.2, 0) is 5.54 Å². The fraction of sp³-hybridized carbons (Fsp3) is 0.500. The fourth-order valence-corrected chi connectivity index (χ4v) is 2.23. The third kappa shape index (κ3) is 1.62. The number of rotatable bonds is 3. The number of aromatic hydroxyl groups is 1. The van der Waals surface area contributed by atoms with Crippen molar-refractivity contribution in [1.29, 1.82) is 0 Å². The highest BCUT2D eigenvalue weighted by atomic mass is 16.3. The summed E-state index contributed by atoms with van der Waals surface area (Å²) in [6.45, 7) is 2.14. The van der Waals surface area contributed by atoms with E-state index in [2.05, 4.69) is 16.7 Å². The molecule has 3 N–H and O–H groups in total. The lowest BCUT2D eigenvalue weighted by molar-refractivity contribution is 0.318. The van der Waals surface area contributed by atoms with Crippen LogP contribution in [-0.4, -0.2) is 24.2 Å². The van der Waals surface area contributed by atoms with E-state index in [-0.39, 0.29) is 5.54 Å². The zero-order chi connectivity index (χ0) is 10.3. The Morgan fingerprint density at radius 2 is 2.13 bits per heavy atom. The lowest BCUT2D eigenvalue weighted by Gasteiger charge is -2.33. The second-order valence-corrected chi connectivity index (χ2v) is 4.63. The first kappa shape index (κ1) is 9.19. The Labute approximate surface area is 89.5 Å². The minimum absolute atomic E-state index is 0.158. The van der Waals surface area contributed by atoms with E-state index in [1.165, 1.54) is 18.4 Å². The molecule has 1 aromatic rings. The van der Waals surface area contributed by atoms with Crippen molar-refractivity contribution < 1.29 is 5.11 Å². The van der Waals surface area contributed by atoms with Gasteiger partial charge in [-0.3, -0.25) is 0 Å². The van der Waals surface area contributed by atoms with Crippen molar-refractivity contribution in [1.82, 2.24) is 10.6 Å². The number of hydrogen-bond acceptors (Lipinski definition) is 3. The maximum Gasteiger partial charge on any atom is 0.115 e. The van der Waals surface area contributed by atoms with Gasteiger partial charge in [0.2, 0.25) is 0 Å². The molecule has 1 aliphatic heterocycles. The highest BCUT2D eigenvalue weighted by Crippen LogP contribution is 2.46. The van der Waals surface area contributed by atoms with Gasteiger partial charge >= 0.3 is 0 Å². The molecule has 3 heteroatoms. The molecule has 0 atom stereocenters. The molecule has 2 fully saturated rings. The van der Waals surface area contributed by atoms with Gasteiger partial charge in [0.25, 0.3) is 0 Å². The Morgan fingerprint density at radius 3 is 2.67 bits per heavy atom. The molecule has 1 aromatic carbocycles. The molecular formula is C12H16N2O. The maximum atomic E-state index is 9.47. The molecule has 0 radical (unpaired) electrons. The molecule has 15 heavy (non-hydrogen) atoms. The molecule has 2 aliphatic rings. The average Bonchev–Trinajstić information content (AvgIpc) is 2.93. The minimum atomic E-state index is 0.158. The summed E-state index contributed by atoms with van der Waals surface area (Å²) < 4.78 is 0. The van der Waals surface area contributed by atoms with Gasteiger partial charge in [-0.25, -0.2) is 0 Å². The van der Waals surface area contributed by atoms with Gasteiger partial charge in [0.15, 0.2) is 0 Å². The summed E-state index contributed by atoms with van der Waals surface area (Å²) in [4.78, 5) is 0. The van der Waals surface area contributed by atoms with Gasteiger partial charge in [0, 0.05) is 24.7 Å². The van der Waals surface area contributed by atoms with Crippen LogP contribution in [0.2, 0.25) is 0 Å². The first-order valence-corrected chi connectivity index (χ1v) is 5.56. The normalized spacial score (nSPS) is 23.5. The number of phenolic OH excluding ortho intramolecular Hbond substituents is 1.